The zero-order valence-electron chi connectivity index (χ0n) is 11.8. The molecule has 2 rings (SSSR count). The van der Waals surface area contributed by atoms with Gasteiger partial charge in [-0.2, -0.15) is 0 Å². The Kier molecular flexibility index (Phi) is 4.44. The van der Waals surface area contributed by atoms with Gasteiger partial charge in [-0.05, 0) is 31.8 Å². The van der Waals surface area contributed by atoms with Gasteiger partial charge >= 0.3 is 0 Å². The Labute approximate surface area is 123 Å². The van der Waals surface area contributed by atoms with Gasteiger partial charge in [-0.25, -0.2) is 8.42 Å². The summed E-state index contributed by atoms with van der Waals surface area (Å²) in [4.78, 5) is 15.3. The van der Waals surface area contributed by atoms with Crippen LogP contribution in [-0.4, -0.2) is 32.4 Å². The summed E-state index contributed by atoms with van der Waals surface area (Å²) < 4.78 is 27.2. The van der Waals surface area contributed by atoms with Gasteiger partial charge in [0.2, 0.25) is 5.56 Å². The minimum Gasteiger partial charge on any atom is -0.328 e. The summed E-state index contributed by atoms with van der Waals surface area (Å²) in [5.74, 6) is 0. The van der Waals surface area contributed by atoms with Gasteiger partial charge in [-0.15, -0.1) is 0 Å². The number of H-pyrrole nitrogens is 1. The molecule has 112 valence electrons. The Bertz CT molecular complexity index is 762. The fraction of sp³-hybridized carbons (Fsp3) is 0.214. The van der Waals surface area contributed by atoms with Crippen molar-refractivity contribution >= 4 is 15.7 Å². The van der Waals surface area contributed by atoms with Gasteiger partial charge < -0.3 is 9.88 Å². The van der Waals surface area contributed by atoms with E-state index in [4.69, 9.17) is 0 Å². The fourth-order valence-electron chi connectivity index (χ4n) is 1.87. The molecule has 6 nitrogen and oxygen atoms in total. The van der Waals surface area contributed by atoms with Crippen molar-refractivity contribution in [2.24, 2.45) is 0 Å². The van der Waals surface area contributed by atoms with Crippen LogP contribution in [0.3, 0.4) is 0 Å². The van der Waals surface area contributed by atoms with Crippen molar-refractivity contribution in [1.82, 2.24) is 9.88 Å². The number of rotatable bonds is 5. The smallest absolute Gasteiger partial charge is 0.263 e. The van der Waals surface area contributed by atoms with Gasteiger partial charge in [0.1, 0.15) is 4.90 Å². The Hall–Kier alpha value is -2.12. The lowest BCUT2D eigenvalue weighted by Crippen LogP contribution is -2.18. The molecule has 0 amide bonds. The molecule has 2 N–H and O–H groups in total. The number of nitrogens with one attached hydrogen (secondary N) is 2. The van der Waals surface area contributed by atoms with Gasteiger partial charge in [-0.1, -0.05) is 18.2 Å². The fourth-order valence-corrected chi connectivity index (χ4v) is 2.93. The van der Waals surface area contributed by atoms with Crippen molar-refractivity contribution in [3.05, 3.63) is 58.5 Å². The summed E-state index contributed by atoms with van der Waals surface area (Å²) in [7, 11) is 0.0928. The molecular weight excluding hydrogens is 290 g/mol. The van der Waals surface area contributed by atoms with Gasteiger partial charge in [0, 0.05) is 18.8 Å². The highest BCUT2D eigenvalue weighted by atomic mass is 32.2. The summed E-state index contributed by atoms with van der Waals surface area (Å²) in [5, 5.41) is 0. The predicted octanol–water partition coefficient (Wildman–Crippen LogP) is 1.24. The average Bonchev–Trinajstić information content (AvgIpc) is 2.40. The molecular formula is C14H17N3O3S. The molecule has 0 unspecified atom stereocenters. The van der Waals surface area contributed by atoms with Crippen molar-refractivity contribution in [1.29, 1.82) is 0 Å². The maximum atomic E-state index is 12.3. The van der Waals surface area contributed by atoms with Gasteiger partial charge in [0.05, 0.1) is 5.69 Å². The molecule has 2 aromatic rings. The molecule has 1 heterocycles. The Balaban J connectivity index is 2.33. The van der Waals surface area contributed by atoms with Crippen molar-refractivity contribution < 1.29 is 8.42 Å². The monoisotopic (exact) mass is 307 g/mol. The lowest BCUT2D eigenvalue weighted by molar-refractivity contribution is 0.403. The molecule has 0 atom stereocenters. The van der Waals surface area contributed by atoms with Crippen LogP contribution in [0.1, 0.15) is 5.56 Å². The van der Waals surface area contributed by atoms with E-state index in [1.54, 1.807) is 12.1 Å². The van der Waals surface area contributed by atoms with Crippen LogP contribution in [0.2, 0.25) is 0 Å². The van der Waals surface area contributed by atoms with Crippen molar-refractivity contribution in [3.8, 4) is 0 Å². The number of hydrogen-bond donors (Lipinski definition) is 2. The topological polar surface area (TPSA) is 82.3 Å². The molecule has 0 spiro atoms. The summed E-state index contributed by atoms with van der Waals surface area (Å²) in [6, 6.07) is 9.66. The second kappa shape index (κ2) is 6.11. The standard InChI is InChI=1S/C14H17N3O3S/c1-17(2)10-11-5-3-4-6-13(11)16-21(19,20)12-7-8-14(18)15-9-12/h3-9,16H,10H2,1-2H3,(H,15,18). The molecule has 0 aliphatic rings. The van der Waals surface area contributed by atoms with E-state index < -0.39 is 10.0 Å². The summed E-state index contributed by atoms with van der Waals surface area (Å²) in [6.07, 6.45) is 1.18. The van der Waals surface area contributed by atoms with Crippen LogP contribution in [0.5, 0.6) is 0 Å². The number of sulfonamides is 1. The number of pyridine rings is 1. The van der Waals surface area contributed by atoms with E-state index >= 15 is 0 Å². The highest BCUT2D eigenvalue weighted by Crippen LogP contribution is 2.20. The molecule has 7 heteroatoms. The Morgan fingerprint density at radius 3 is 2.48 bits per heavy atom. The largest absolute Gasteiger partial charge is 0.328 e. The minimum absolute atomic E-state index is 0.0155. The molecule has 0 fully saturated rings. The SMILES string of the molecule is CN(C)Cc1ccccc1NS(=O)(=O)c1ccc(=O)[nH]c1. The molecule has 0 aliphatic heterocycles. The number of para-hydroxylation sites is 1. The van der Waals surface area contributed by atoms with Crippen LogP contribution in [-0.2, 0) is 16.6 Å². The second-order valence-electron chi connectivity index (χ2n) is 4.89. The zero-order valence-corrected chi connectivity index (χ0v) is 12.6. The number of nitrogens with zero attached hydrogens (tertiary/aromatic N) is 1. The van der Waals surface area contributed by atoms with E-state index in [2.05, 4.69) is 9.71 Å². The first-order chi connectivity index (χ1) is 9.88. The van der Waals surface area contributed by atoms with E-state index in [9.17, 15) is 13.2 Å². The number of hydrogen-bond acceptors (Lipinski definition) is 4. The first-order valence-corrected chi connectivity index (χ1v) is 7.81. The molecule has 1 aromatic carbocycles. The predicted molar refractivity (Wildman–Crippen MR) is 81.7 cm³/mol. The average molecular weight is 307 g/mol. The lowest BCUT2D eigenvalue weighted by atomic mass is 10.2. The van der Waals surface area contributed by atoms with Gasteiger partial charge in [-0.3, -0.25) is 9.52 Å². The first-order valence-electron chi connectivity index (χ1n) is 6.33. The van der Waals surface area contributed by atoms with Crippen LogP contribution in [0.4, 0.5) is 5.69 Å². The molecule has 0 saturated heterocycles. The molecule has 0 radical (unpaired) electrons. The first kappa shape index (κ1) is 15.3. The minimum atomic E-state index is -3.73. The number of aromatic amines is 1. The molecule has 1 aromatic heterocycles. The highest BCUT2D eigenvalue weighted by Gasteiger charge is 2.16. The third kappa shape index (κ3) is 3.93. The molecule has 21 heavy (non-hydrogen) atoms. The number of anilines is 1. The Morgan fingerprint density at radius 2 is 1.86 bits per heavy atom. The molecule has 0 bridgehead atoms. The van der Waals surface area contributed by atoms with E-state index in [-0.39, 0.29) is 10.5 Å². The summed E-state index contributed by atoms with van der Waals surface area (Å²) >= 11 is 0. The maximum absolute atomic E-state index is 12.3. The maximum Gasteiger partial charge on any atom is 0.263 e. The quantitative estimate of drug-likeness (QED) is 0.870. The zero-order chi connectivity index (χ0) is 15.5. The third-order valence-electron chi connectivity index (χ3n) is 2.81. The lowest BCUT2D eigenvalue weighted by Gasteiger charge is -2.15. The molecule has 0 aliphatic carbocycles. The number of aromatic nitrogens is 1. The van der Waals surface area contributed by atoms with E-state index in [1.807, 2.05) is 31.1 Å². The van der Waals surface area contributed by atoms with E-state index in [0.29, 0.717) is 12.2 Å². The molecule has 0 saturated carbocycles. The van der Waals surface area contributed by atoms with Crippen molar-refractivity contribution in [3.63, 3.8) is 0 Å². The van der Waals surface area contributed by atoms with Crippen LogP contribution in [0.15, 0.2) is 52.3 Å². The number of benzene rings is 1. The van der Waals surface area contributed by atoms with Crippen molar-refractivity contribution in [2.75, 3.05) is 18.8 Å². The van der Waals surface area contributed by atoms with Crippen LogP contribution in [0, 0.1) is 0 Å². The van der Waals surface area contributed by atoms with Crippen LogP contribution >= 0.6 is 0 Å². The third-order valence-corrected chi connectivity index (χ3v) is 4.18. The second-order valence-corrected chi connectivity index (χ2v) is 6.57. The van der Waals surface area contributed by atoms with Crippen LogP contribution < -0.4 is 10.3 Å². The van der Waals surface area contributed by atoms with Crippen molar-refractivity contribution in [2.45, 2.75) is 11.4 Å². The van der Waals surface area contributed by atoms with E-state index in [1.165, 1.54) is 18.3 Å². The summed E-state index contributed by atoms with van der Waals surface area (Å²) in [5.41, 5.74) is 1.05. The summed E-state index contributed by atoms with van der Waals surface area (Å²) in [6.45, 7) is 0.615. The Morgan fingerprint density at radius 1 is 1.14 bits per heavy atom. The van der Waals surface area contributed by atoms with Gasteiger partial charge in [0.25, 0.3) is 10.0 Å². The van der Waals surface area contributed by atoms with Gasteiger partial charge in [0.15, 0.2) is 0 Å². The highest BCUT2D eigenvalue weighted by molar-refractivity contribution is 7.92. The van der Waals surface area contributed by atoms with Crippen LogP contribution in [0.25, 0.3) is 0 Å². The normalized spacial score (nSPS) is 11.6. The van der Waals surface area contributed by atoms with E-state index in [0.717, 1.165) is 5.56 Å².